The molecule has 9 heteroatoms. The Hall–Kier alpha value is -3.85. The molecule has 0 aliphatic carbocycles. The third kappa shape index (κ3) is 3.27. The number of benzene rings is 2. The van der Waals surface area contributed by atoms with Gasteiger partial charge in [-0.15, -0.1) is 11.3 Å². The highest BCUT2D eigenvalue weighted by Gasteiger charge is 2.27. The molecule has 160 valence electrons. The second kappa shape index (κ2) is 7.69. The fourth-order valence-electron chi connectivity index (χ4n) is 4.19. The van der Waals surface area contributed by atoms with Crippen LogP contribution < -0.4 is 10.5 Å². The summed E-state index contributed by atoms with van der Waals surface area (Å²) in [6, 6.07) is 14.2. The number of nitro benzene ring substituents is 1. The summed E-state index contributed by atoms with van der Waals surface area (Å²) in [4.78, 5) is 44.6. The van der Waals surface area contributed by atoms with Gasteiger partial charge in [-0.25, -0.2) is 4.98 Å². The van der Waals surface area contributed by atoms with Crippen molar-refractivity contribution < 1.29 is 9.72 Å². The van der Waals surface area contributed by atoms with Crippen LogP contribution in [-0.4, -0.2) is 26.9 Å². The molecule has 0 unspecified atom stereocenters. The number of amides is 1. The zero-order valence-electron chi connectivity index (χ0n) is 17.1. The van der Waals surface area contributed by atoms with Gasteiger partial charge in [0.1, 0.15) is 11.4 Å². The summed E-state index contributed by atoms with van der Waals surface area (Å²) in [5.41, 5.74) is 2.95. The Morgan fingerprint density at radius 3 is 2.75 bits per heavy atom. The number of nitrogens with zero attached hydrogens (tertiary/aromatic N) is 4. The molecule has 8 nitrogen and oxygen atoms in total. The minimum absolute atomic E-state index is 0.00480. The average molecular weight is 446 g/mol. The first-order valence-corrected chi connectivity index (χ1v) is 10.9. The van der Waals surface area contributed by atoms with Crippen LogP contribution in [0.3, 0.4) is 0 Å². The fourth-order valence-corrected chi connectivity index (χ4v) is 5.20. The lowest BCUT2D eigenvalue weighted by molar-refractivity contribution is -0.384. The van der Waals surface area contributed by atoms with Gasteiger partial charge in [0.15, 0.2) is 0 Å². The van der Waals surface area contributed by atoms with Crippen LogP contribution in [0.15, 0.2) is 59.7 Å². The largest absolute Gasteiger partial charge is 0.310 e. The van der Waals surface area contributed by atoms with Crippen molar-refractivity contribution in [2.45, 2.75) is 19.9 Å². The topological polar surface area (TPSA) is 98.3 Å². The third-order valence-corrected chi connectivity index (χ3v) is 6.71. The summed E-state index contributed by atoms with van der Waals surface area (Å²) in [6.45, 7) is 2.23. The van der Waals surface area contributed by atoms with Gasteiger partial charge in [0, 0.05) is 34.8 Å². The van der Waals surface area contributed by atoms with E-state index in [0.29, 0.717) is 28.9 Å². The maximum Gasteiger partial charge on any atom is 0.269 e. The normalized spacial score (nSPS) is 12.8. The van der Waals surface area contributed by atoms with Crippen LogP contribution in [-0.2, 0) is 17.8 Å². The summed E-state index contributed by atoms with van der Waals surface area (Å²) in [6.07, 6.45) is 1.96. The van der Waals surface area contributed by atoms with Gasteiger partial charge < -0.3 is 4.90 Å². The summed E-state index contributed by atoms with van der Waals surface area (Å²) in [5.74, 6) is -0.255. The molecule has 1 aliphatic rings. The molecule has 0 radical (unpaired) electrons. The monoisotopic (exact) mass is 446 g/mol. The van der Waals surface area contributed by atoms with Crippen molar-refractivity contribution in [1.29, 1.82) is 0 Å². The molecule has 3 heterocycles. The van der Waals surface area contributed by atoms with E-state index in [1.165, 1.54) is 34.4 Å². The molecule has 2 aromatic heterocycles. The molecule has 0 spiro atoms. The molecular formula is C23H18N4O4S. The number of non-ortho nitro benzene ring substituents is 1. The van der Waals surface area contributed by atoms with E-state index in [0.717, 1.165) is 21.6 Å². The summed E-state index contributed by atoms with van der Waals surface area (Å²) < 4.78 is 1.34. The highest BCUT2D eigenvalue weighted by molar-refractivity contribution is 7.19. The number of anilines is 1. The van der Waals surface area contributed by atoms with Crippen molar-refractivity contribution >= 4 is 38.8 Å². The Balaban J connectivity index is 1.50. The minimum atomic E-state index is -0.446. The molecule has 0 saturated heterocycles. The van der Waals surface area contributed by atoms with Gasteiger partial charge in [0.25, 0.3) is 11.2 Å². The highest BCUT2D eigenvalue weighted by atomic mass is 32.1. The first kappa shape index (κ1) is 20.1. The van der Waals surface area contributed by atoms with Gasteiger partial charge in [-0.3, -0.25) is 24.3 Å². The van der Waals surface area contributed by atoms with E-state index in [1.807, 2.05) is 37.3 Å². The summed E-state index contributed by atoms with van der Waals surface area (Å²) >= 11 is 1.46. The van der Waals surface area contributed by atoms with E-state index >= 15 is 0 Å². The van der Waals surface area contributed by atoms with Gasteiger partial charge in [0.05, 0.1) is 16.6 Å². The molecule has 0 bridgehead atoms. The van der Waals surface area contributed by atoms with Gasteiger partial charge in [-0.05, 0) is 30.5 Å². The van der Waals surface area contributed by atoms with Gasteiger partial charge in [-0.2, -0.15) is 0 Å². The van der Waals surface area contributed by atoms with Crippen molar-refractivity contribution in [2.75, 3.05) is 11.4 Å². The second-order valence-corrected chi connectivity index (χ2v) is 8.83. The lowest BCUT2D eigenvalue weighted by Gasteiger charge is -2.18. The Kier molecular flexibility index (Phi) is 4.82. The van der Waals surface area contributed by atoms with E-state index in [2.05, 4.69) is 4.98 Å². The number of hydrogen-bond acceptors (Lipinski definition) is 6. The predicted molar refractivity (Wildman–Crippen MR) is 123 cm³/mol. The smallest absolute Gasteiger partial charge is 0.269 e. The Morgan fingerprint density at radius 2 is 2.00 bits per heavy atom. The molecule has 0 fully saturated rings. The Bertz CT molecular complexity index is 1440. The molecule has 32 heavy (non-hydrogen) atoms. The standard InChI is InChI=1S/C23H18N4O4S/c1-14-20(15-5-3-2-4-6-15)21-22(32-14)24-13-25(23(21)29)12-19(28)26-10-9-16-11-17(27(30)31)7-8-18(16)26/h2-8,11,13H,9-10,12H2,1H3. The quantitative estimate of drug-likeness (QED) is 0.349. The van der Waals surface area contributed by atoms with Crippen LogP contribution in [0.5, 0.6) is 0 Å². The maximum absolute atomic E-state index is 13.3. The van der Waals surface area contributed by atoms with Crippen molar-refractivity contribution in [3.8, 4) is 11.1 Å². The van der Waals surface area contributed by atoms with Crippen molar-refractivity contribution in [1.82, 2.24) is 9.55 Å². The number of nitro groups is 1. The number of hydrogen-bond donors (Lipinski definition) is 0. The molecule has 5 rings (SSSR count). The minimum Gasteiger partial charge on any atom is -0.310 e. The number of thiophene rings is 1. The van der Waals surface area contributed by atoms with Gasteiger partial charge in [0.2, 0.25) is 5.91 Å². The van der Waals surface area contributed by atoms with Crippen molar-refractivity contribution in [3.63, 3.8) is 0 Å². The first-order valence-electron chi connectivity index (χ1n) is 10.1. The summed E-state index contributed by atoms with van der Waals surface area (Å²) in [5, 5.41) is 11.5. The van der Waals surface area contributed by atoms with Crippen molar-refractivity contribution in [2.24, 2.45) is 0 Å². The lowest BCUT2D eigenvalue weighted by Crippen LogP contribution is -2.35. The van der Waals surface area contributed by atoms with Crippen LogP contribution in [0.25, 0.3) is 21.3 Å². The molecule has 0 atom stereocenters. The molecule has 1 amide bonds. The van der Waals surface area contributed by atoms with Gasteiger partial charge >= 0.3 is 0 Å². The lowest BCUT2D eigenvalue weighted by atomic mass is 10.0. The zero-order chi connectivity index (χ0) is 22.4. The average Bonchev–Trinajstić information content (AvgIpc) is 3.36. The SMILES string of the molecule is Cc1sc2ncn(CC(=O)N3CCc4cc([N+](=O)[O-])ccc43)c(=O)c2c1-c1ccccc1. The van der Waals surface area contributed by atoms with E-state index < -0.39 is 4.92 Å². The van der Waals surface area contributed by atoms with Crippen LogP contribution >= 0.6 is 11.3 Å². The molecule has 4 aromatic rings. The van der Waals surface area contributed by atoms with Crippen LogP contribution in [0, 0.1) is 17.0 Å². The van der Waals surface area contributed by atoms with Crippen LogP contribution in [0.1, 0.15) is 10.4 Å². The molecule has 1 aliphatic heterocycles. The molecular weight excluding hydrogens is 428 g/mol. The number of rotatable bonds is 4. The predicted octanol–water partition coefficient (Wildman–Crippen LogP) is 3.93. The van der Waals surface area contributed by atoms with E-state index in [-0.39, 0.29) is 23.7 Å². The summed E-state index contributed by atoms with van der Waals surface area (Å²) in [7, 11) is 0. The fraction of sp³-hybridized carbons (Fsp3) is 0.174. The second-order valence-electron chi connectivity index (χ2n) is 7.62. The Labute approximate surface area is 186 Å². The number of carbonyl (C=O) groups is 1. The molecule has 2 aromatic carbocycles. The highest BCUT2D eigenvalue weighted by Crippen LogP contribution is 2.35. The van der Waals surface area contributed by atoms with Gasteiger partial charge in [-0.1, -0.05) is 30.3 Å². The number of carbonyl (C=O) groups excluding carboxylic acids is 1. The van der Waals surface area contributed by atoms with E-state index in [9.17, 15) is 19.7 Å². The van der Waals surface area contributed by atoms with E-state index in [4.69, 9.17) is 0 Å². The zero-order valence-corrected chi connectivity index (χ0v) is 18.0. The number of aromatic nitrogens is 2. The number of fused-ring (bicyclic) bond motifs is 2. The molecule has 0 N–H and O–H groups in total. The Morgan fingerprint density at radius 1 is 1.22 bits per heavy atom. The number of aryl methyl sites for hydroxylation is 1. The van der Waals surface area contributed by atoms with Crippen LogP contribution in [0.2, 0.25) is 0 Å². The third-order valence-electron chi connectivity index (χ3n) is 5.69. The van der Waals surface area contributed by atoms with Crippen LogP contribution in [0.4, 0.5) is 11.4 Å². The van der Waals surface area contributed by atoms with Crippen molar-refractivity contribution in [3.05, 3.63) is 85.8 Å². The molecule has 0 saturated carbocycles. The first-order chi connectivity index (χ1) is 15.4. The maximum atomic E-state index is 13.3. The van der Waals surface area contributed by atoms with E-state index in [1.54, 1.807) is 11.0 Å².